The molecule has 11 heteroatoms. The number of piperidine rings is 1. The zero-order chi connectivity index (χ0) is 23.5. The maximum absolute atomic E-state index is 13.1. The molecule has 0 spiro atoms. The summed E-state index contributed by atoms with van der Waals surface area (Å²) in [4.78, 5) is 65.6. The van der Waals surface area contributed by atoms with E-state index < -0.39 is 51.4 Å². The number of benzene rings is 1. The molecule has 0 aliphatic carbocycles. The van der Waals surface area contributed by atoms with Crippen molar-refractivity contribution in [1.29, 1.82) is 0 Å². The van der Waals surface area contributed by atoms with Gasteiger partial charge in [-0.15, -0.1) is 0 Å². The molecule has 1 saturated heterocycles. The zero-order valence-corrected chi connectivity index (χ0v) is 19.6. The number of fused-ring (bicyclic) bond motifs is 1. The topological polar surface area (TPSA) is 146 Å². The van der Waals surface area contributed by atoms with Crippen molar-refractivity contribution in [2.75, 3.05) is 11.9 Å². The Bertz CT molecular complexity index is 1150. The molecule has 1 aromatic carbocycles. The van der Waals surface area contributed by atoms with Crippen LogP contribution in [0.1, 0.15) is 50.3 Å². The molecular weight excluding hydrogens is 491 g/mol. The van der Waals surface area contributed by atoms with Gasteiger partial charge in [0.1, 0.15) is 0 Å². The summed E-state index contributed by atoms with van der Waals surface area (Å²) in [5.74, 6) is -3.12. The third-order valence-corrected chi connectivity index (χ3v) is 8.10. The number of aromatic carboxylic acids is 1. The fraction of sp³-hybridized carbons (Fsp3) is 0.273. The van der Waals surface area contributed by atoms with E-state index >= 15 is 0 Å². The third kappa shape index (κ3) is 4.66. The number of aromatic nitrogens is 1. The van der Waals surface area contributed by atoms with Crippen LogP contribution in [-0.4, -0.2) is 72.9 Å². The molecule has 33 heavy (non-hydrogen) atoms. The van der Waals surface area contributed by atoms with Crippen molar-refractivity contribution < 1.29 is 29.1 Å². The Hall–Kier alpha value is -3.52. The fourth-order valence-corrected chi connectivity index (χ4v) is 5.84. The van der Waals surface area contributed by atoms with Gasteiger partial charge in [0.05, 0.1) is 0 Å². The van der Waals surface area contributed by atoms with E-state index in [-0.39, 0.29) is 29.5 Å². The molecule has 0 bridgehead atoms. The normalized spacial score (nSPS) is 18.1. The van der Waals surface area contributed by atoms with E-state index in [0.29, 0.717) is 12.2 Å². The van der Waals surface area contributed by atoms with Gasteiger partial charge in [-0.3, -0.25) is 4.79 Å². The first-order valence-corrected chi connectivity index (χ1v) is 12.9. The molecule has 2 aromatic rings. The van der Waals surface area contributed by atoms with E-state index in [2.05, 4.69) is 15.6 Å². The molecule has 3 N–H and O–H groups in total. The average molecular weight is 512 g/mol. The number of rotatable bonds is 8. The van der Waals surface area contributed by atoms with E-state index in [9.17, 15) is 24.0 Å². The fourth-order valence-electron chi connectivity index (χ4n) is 3.82. The van der Waals surface area contributed by atoms with Crippen molar-refractivity contribution in [3.63, 3.8) is 0 Å². The second-order valence-electron chi connectivity index (χ2n) is 7.62. The minimum atomic E-state index is -1.00. The molecule has 4 rings (SSSR count). The van der Waals surface area contributed by atoms with Crippen LogP contribution < -0.4 is 15.1 Å². The first-order valence-electron chi connectivity index (χ1n) is 10.4. The maximum atomic E-state index is 13.1. The molecule has 2 atom stereocenters. The van der Waals surface area contributed by atoms with Crippen molar-refractivity contribution in [3.05, 3.63) is 53.2 Å². The Kier molecular flexibility index (Phi) is 6.55. The van der Waals surface area contributed by atoms with Gasteiger partial charge in [0, 0.05) is 0 Å². The molecular formula is C22H21AsN4O6. The summed E-state index contributed by atoms with van der Waals surface area (Å²) < 4.78 is 0.918. The summed E-state index contributed by atoms with van der Waals surface area (Å²) in [7, 11) is 0. The van der Waals surface area contributed by atoms with Crippen molar-refractivity contribution in [2.24, 2.45) is 0 Å². The quantitative estimate of drug-likeness (QED) is 0.258. The average Bonchev–Trinajstić information content (AvgIpc) is 3.05. The number of carboxylic acid groups (broad SMARTS) is 1. The second kappa shape index (κ2) is 9.54. The van der Waals surface area contributed by atoms with E-state index in [1.165, 1.54) is 6.20 Å². The van der Waals surface area contributed by atoms with Crippen molar-refractivity contribution in [2.45, 2.75) is 30.5 Å². The van der Waals surface area contributed by atoms with E-state index in [1.54, 1.807) is 30.3 Å². The molecule has 0 radical (unpaired) electrons. The Morgan fingerprint density at radius 1 is 1.18 bits per heavy atom. The van der Waals surface area contributed by atoms with Crippen LogP contribution in [0.3, 0.4) is 0 Å². The number of anilines is 1. The Balaban J connectivity index is 1.36. The van der Waals surface area contributed by atoms with Crippen LogP contribution in [0.4, 0.5) is 5.69 Å². The molecule has 0 saturated carbocycles. The van der Waals surface area contributed by atoms with Crippen LogP contribution in [-0.2, 0) is 9.59 Å². The molecule has 1 aromatic heterocycles. The van der Waals surface area contributed by atoms with Gasteiger partial charge in [-0.1, -0.05) is 0 Å². The first-order chi connectivity index (χ1) is 15.9. The van der Waals surface area contributed by atoms with Crippen LogP contribution in [0, 0.1) is 0 Å². The number of imide groups is 2. The van der Waals surface area contributed by atoms with Crippen LogP contribution >= 0.6 is 0 Å². The van der Waals surface area contributed by atoms with Crippen LogP contribution in [0.2, 0.25) is 5.21 Å². The number of nitrogens with zero attached hydrogens (tertiary/aromatic N) is 2. The predicted octanol–water partition coefficient (Wildman–Crippen LogP) is 0.163. The molecule has 1 fully saturated rings. The summed E-state index contributed by atoms with van der Waals surface area (Å²) in [6.45, 7) is 0.576. The monoisotopic (exact) mass is 512 g/mol. The summed E-state index contributed by atoms with van der Waals surface area (Å²) in [6, 6.07) is 7.27. The van der Waals surface area contributed by atoms with Gasteiger partial charge in [-0.05, 0) is 0 Å². The van der Waals surface area contributed by atoms with E-state index in [0.717, 1.165) is 21.0 Å². The second-order valence-corrected chi connectivity index (χ2v) is 10.5. The SMILES string of the molecule is O=C1CCC(N2C(=O)c3cccc(NCCC[AsH]c4ccc(C(=O)O)cn4)c3C2=O)C(=O)N1. The number of carbonyl (C=O) groups is 5. The van der Waals surface area contributed by atoms with Gasteiger partial charge in [0.2, 0.25) is 0 Å². The number of amides is 4. The molecule has 10 nitrogen and oxygen atoms in total. The van der Waals surface area contributed by atoms with Crippen molar-refractivity contribution in [3.8, 4) is 0 Å². The number of carbonyl (C=O) groups excluding carboxylic acids is 4. The van der Waals surface area contributed by atoms with Gasteiger partial charge >= 0.3 is 191 Å². The van der Waals surface area contributed by atoms with Gasteiger partial charge in [-0.25, -0.2) is 0 Å². The summed E-state index contributed by atoms with van der Waals surface area (Å²) >= 11 is -0.526. The number of nitrogens with one attached hydrogen (secondary N) is 2. The Morgan fingerprint density at radius 3 is 2.70 bits per heavy atom. The van der Waals surface area contributed by atoms with Gasteiger partial charge in [-0.2, -0.15) is 0 Å². The first kappa shape index (κ1) is 22.7. The van der Waals surface area contributed by atoms with Crippen LogP contribution in [0.25, 0.3) is 0 Å². The van der Waals surface area contributed by atoms with Gasteiger partial charge < -0.3 is 0 Å². The number of hydrogen-bond donors (Lipinski definition) is 3. The van der Waals surface area contributed by atoms with Crippen LogP contribution in [0.15, 0.2) is 36.5 Å². The van der Waals surface area contributed by atoms with E-state index in [1.807, 2.05) is 0 Å². The van der Waals surface area contributed by atoms with Crippen LogP contribution in [0.5, 0.6) is 0 Å². The molecule has 2 aliphatic heterocycles. The Labute approximate surface area is 195 Å². The molecule has 2 unspecified atom stereocenters. The number of hydrogen-bond acceptors (Lipinski definition) is 7. The predicted molar refractivity (Wildman–Crippen MR) is 119 cm³/mol. The number of pyridine rings is 1. The van der Waals surface area contributed by atoms with Crippen molar-refractivity contribution >= 4 is 55.5 Å². The van der Waals surface area contributed by atoms with Crippen molar-refractivity contribution in [1.82, 2.24) is 15.2 Å². The molecule has 3 heterocycles. The molecule has 4 amide bonds. The zero-order valence-electron chi connectivity index (χ0n) is 17.5. The van der Waals surface area contributed by atoms with Gasteiger partial charge in [0.15, 0.2) is 0 Å². The summed E-state index contributed by atoms with van der Waals surface area (Å²) in [6.07, 6.45) is 2.37. The summed E-state index contributed by atoms with van der Waals surface area (Å²) in [5.41, 5.74) is 1.18. The third-order valence-electron chi connectivity index (χ3n) is 5.45. The minimum absolute atomic E-state index is 0.0757. The summed E-state index contributed by atoms with van der Waals surface area (Å²) in [5, 5.41) is 15.2. The standard InChI is InChI=1S/C22H21AsN4O6/c28-17-8-6-15(19(29)26-17)27-20(30)13-3-1-4-14(18(13)21(27)31)24-10-2-9-23-16-7-5-12(11-25-16)22(32)33/h1,3-5,7,11,15,23-24H,2,6,8-10H2,(H,32,33)(H,26,28,29). The number of carboxylic acids is 1. The molecule has 170 valence electrons. The molecule has 2 aliphatic rings. The van der Waals surface area contributed by atoms with E-state index in [4.69, 9.17) is 5.11 Å². The van der Waals surface area contributed by atoms with Gasteiger partial charge in [0.25, 0.3) is 0 Å². The Morgan fingerprint density at radius 2 is 2.00 bits per heavy atom.